The van der Waals surface area contributed by atoms with Crippen LogP contribution in [-0.4, -0.2) is 77.4 Å². The van der Waals surface area contributed by atoms with Gasteiger partial charge in [-0.25, -0.2) is 4.99 Å². The minimum atomic E-state index is -0.0259. The minimum absolute atomic E-state index is 0. The molecule has 0 spiro atoms. The van der Waals surface area contributed by atoms with Gasteiger partial charge in [-0.05, 0) is 6.42 Å². The van der Waals surface area contributed by atoms with Gasteiger partial charge in [-0.2, -0.15) is 0 Å². The van der Waals surface area contributed by atoms with Crippen LogP contribution in [0.5, 0.6) is 0 Å². The maximum Gasteiger partial charge on any atom is 0.243 e. The smallest absolute Gasteiger partial charge is 0.243 e. The van der Waals surface area contributed by atoms with E-state index in [0.717, 1.165) is 26.2 Å². The van der Waals surface area contributed by atoms with Crippen molar-refractivity contribution in [2.45, 2.75) is 6.42 Å². The Morgan fingerprint density at radius 2 is 2.19 bits per heavy atom. The van der Waals surface area contributed by atoms with Crippen LogP contribution < -0.4 is 10.6 Å². The molecule has 8 heteroatoms. The number of ether oxygens (including phenoxy) is 2. The van der Waals surface area contributed by atoms with E-state index >= 15 is 0 Å². The van der Waals surface area contributed by atoms with Crippen molar-refractivity contribution in [1.82, 2.24) is 15.5 Å². The van der Waals surface area contributed by atoms with Crippen LogP contribution in [0, 0.1) is 5.92 Å². The molecule has 0 saturated carbocycles. The second kappa shape index (κ2) is 12.0. The van der Waals surface area contributed by atoms with Crippen molar-refractivity contribution >= 4 is 35.8 Å². The Morgan fingerprint density at radius 1 is 1.43 bits per heavy atom. The number of halogens is 1. The van der Waals surface area contributed by atoms with Gasteiger partial charge in [0.2, 0.25) is 5.91 Å². The number of amides is 1. The zero-order valence-electron chi connectivity index (χ0n) is 13.1. The molecule has 1 atom stereocenters. The van der Waals surface area contributed by atoms with Gasteiger partial charge in [0, 0.05) is 46.8 Å². The number of rotatable bonds is 7. The van der Waals surface area contributed by atoms with Gasteiger partial charge in [0.15, 0.2) is 5.96 Å². The maximum absolute atomic E-state index is 11.6. The van der Waals surface area contributed by atoms with E-state index in [4.69, 9.17) is 9.47 Å². The fraction of sp³-hybridized carbons (Fsp3) is 0.846. The first-order valence-corrected chi connectivity index (χ1v) is 6.92. The molecule has 0 aromatic rings. The van der Waals surface area contributed by atoms with Crippen LogP contribution in [0.4, 0.5) is 0 Å². The SMILES string of the molecule is COCCNC(=NCC(=O)N(C)C)NCC1CCOC1.I. The third-order valence-corrected chi connectivity index (χ3v) is 3.05. The number of methoxy groups -OCH3 is 1. The van der Waals surface area contributed by atoms with Gasteiger partial charge in [0.05, 0.1) is 13.2 Å². The van der Waals surface area contributed by atoms with Gasteiger partial charge < -0.3 is 25.0 Å². The zero-order chi connectivity index (χ0) is 14.8. The summed E-state index contributed by atoms with van der Waals surface area (Å²) in [5, 5.41) is 6.39. The molecule has 7 nitrogen and oxygen atoms in total. The molecule has 21 heavy (non-hydrogen) atoms. The summed E-state index contributed by atoms with van der Waals surface area (Å²) < 4.78 is 10.3. The molecule has 0 bridgehead atoms. The standard InChI is InChI=1S/C13H26N4O3.HI/c1-17(2)12(18)9-16-13(14-5-7-19-3)15-8-11-4-6-20-10-11;/h11H,4-10H2,1-3H3,(H2,14,15,16);1H. The predicted molar refractivity (Wildman–Crippen MR) is 93.2 cm³/mol. The molecule has 1 amide bonds. The van der Waals surface area contributed by atoms with Crippen LogP contribution in [0.1, 0.15) is 6.42 Å². The molecule has 1 aliphatic heterocycles. The summed E-state index contributed by atoms with van der Waals surface area (Å²) in [6, 6.07) is 0. The van der Waals surface area contributed by atoms with E-state index in [0.29, 0.717) is 25.0 Å². The molecular weight excluding hydrogens is 387 g/mol. The summed E-state index contributed by atoms with van der Waals surface area (Å²) in [5.41, 5.74) is 0. The zero-order valence-corrected chi connectivity index (χ0v) is 15.4. The van der Waals surface area contributed by atoms with Crippen molar-refractivity contribution < 1.29 is 14.3 Å². The highest BCUT2D eigenvalue weighted by atomic mass is 127. The molecule has 0 aromatic heterocycles. The van der Waals surface area contributed by atoms with Gasteiger partial charge in [-0.15, -0.1) is 24.0 Å². The molecule has 1 aliphatic rings. The van der Waals surface area contributed by atoms with Crippen molar-refractivity contribution in [3.8, 4) is 0 Å². The Hall–Kier alpha value is -0.610. The van der Waals surface area contributed by atoms with Gasteiger partial charge >= 0.3 is 0 Å². The average Bonchev–Trinajstić information content (AvgIpc) is 2.94. The fourth-order valence-electron chi connectivity index (χ4n) is 1.72. The molecule has 1 saturated heterocycles. The van der Waals surface area contributed by atoms with E-state index in [1.807, 2.05) is 0 Å². The Labute approximate surface area is 143 Å². The van der Waals surface area contributed by atoms with Crippen LogP contribution in [0.15, 0.2) is 4.99 Å². The number of likely N-dealkylation sites (N-methyl/N-ethyl adjacent to an activating group) is 1. The number of aliphatic imine (C=N–C) groups is 1. The van der Waals surface area contributed by atoms with Crippen LogP contribution in [0.25, 0.3) is 0 Å². The summed E-state index contributed by atoms with van der Waals surface area (Å²) >= 11 is 0. The lowest BCUT2D eigenvalue weighted by atomic mass is 10.1. The van der Waals surface area contributed by atoms with Crippen LogP contribution >= 0.6 is 24.0 Å². The molecule has 0 aliphatic carbocycles. The van der Waals surface area contributed by atoms with Crippen LogP contribution in [0.3, 0.4) is 0 Å². The Morgan fingerprint density at radius 3 is 2.76 bits per heavy atom. The van der Waals surface area contributed by atoms with E-state index in [-0.39, 0.29) is 36.4 Å². The molecule has 2 N–H and O–H groups in total. The van der Waals surface area contributed by atoms with Crippen molar-refractivity contribution in [3.05, 3.63) is 0 Å². The van der Waals surface area contributed by atoms with E-state index in [9.17, 15) is 4.79 Å². The summed E-state index contributed by atoms with van der Waals surface area (Å²) in [6.45, 7) is 3.80. The Balaban J connectivity index is 0.00000400. The monoisotopic (exact) mass is 414 g/mol. The summed E-state index contributed by atoms with van der Waals surface area (Å²) in [7, 11) is 5.09. The topological polar surface area (TPSA) is 75.2 Å². The van der Waals surface area contributed by atoms with Gasteiger partial charge in [-0.3, -0.25) is 4.79 Å². The number of carbonyl (C=O) groups excluding carboxylic acids is 1. The number of nitrogens with one attached hydrogen (secondary N) is 2. The molecular formula is C13H27IN4O3. The van der Waals surface area contributed by atoms with Crippen LogP contribution in [0.2, 0.25) is 0 Å². The normalized spacial score (nSPS) is 18.0. The lowest BCUT2D eigenvalue weighted by Crippen LogP contribution is -2.42. The van der Waals surface area contributed by atoms with Gasteiger partial charge in [-0.1, -0.05) is 0 Å². The number of hydrogen-bond acceptors (Lipinski definition) is 4. The maximum atomic E-state index is 11.6. The minimum Gasteiger partial charge on any atom is -0.383 e. The second-order valence-electron chi connectivity index (χ2n) is 4.98. The molecule has 1 rings (SSSR count). The summed E-state index contributed by atoms with van der Waals surface area (Å²) in [5.74, 6) is 1.13. The Bertz CT molecular complexity index is 321. The molecule has 1 heterocycles. The first kappa shape index (κ1) is 20.4. The van der Waals surface area contributed by atoms with Gasteiger partial charge in [0.25, 0.3) is 0 Å². The van der Waals surface area contributed by atoms with E-state index < -0.39 is 0 Å². The van der Waals surface area contributed by atoms with Crippen molar-refractivity contribution in [2.24, 2.45) is 10.9 Å². The molecule has 0 radical (unpaired) electrons. The lowest BCUT2D eigenvalue weighted by Gasteiger charge is -2.15. The van der Waals surface area contributed by atoms with Crippen molar-refractivity contribution in [3.63, 3.8) is 0 Å². The van der Waals surface area contributed by atoms with Crippen LogP contribution in [-0.2, 0) is 14.3 Å². The quantitative estimate of drug-likeness (QED) is 0.264. The van der Waals surface area contributed by atoms with E-state index in [1.54, 1.807) is 21.2 Å². The predicted octanol–water partition coefficient (Wildman–Crippen LogP) is -0.0893. The second-order valence-corrected chi connectivity index (χ2v) is 4.98. The Kier molecular flexibility index (Phi) is 11.6. The fourth-order valence-corrected chi connectivity index (χ4v) is 1.72. The third kappa shape index (κ3) is 9.10. The molecule has 124 valence electrons. The molecule has 1 unspecified atom stereocenters. The van der Waals surface area contributed by atoms with E-state index in [1.165, 1.54) is 4.90 Å². The highest BCUT2D eigenvalue weighted by Gasteiger charge is 2.15. The number of nitrogens with zero attached hydrogens (tertiary/aromatic N) is 2. The summed E-state index contributed by atoms with van der Waals surface area (Å²) in [6.07, 6.45) is 1.06. The first-order chi connectivity index (χ1) is 9.63. The summed E-state index contributed by atoms with van der Waals surface area (Å²) in [4.78, 5) is 17.4. The van der Waals surface area contributed by atoms with E-state index in [2.05, 4.69) is 15.6 Å². The number of carbonyl (C=O) groups is 1. The van der Waals surface area contributed by atoms with Crippen molar-refractivity contribution in [2.75, 3.05) is 60.7 Å². The van der Waals surface area contributed by atoms with Crippen molar-refractivity contribution in [1.29, 1.82) is 0 Å². The lowest BCUT2D eigenvalue weighted by molar-refractivity contribution is -0.127. The molecule has 1 fully saturated rings. The largest absolute Gasteiger partial charge is 0.383 e. The highest BCUT2D eigenvalue weighted by molar-refractivity contribution is 14.0. The average molecular weight is 414 g/mol. The third-order valence-electron chi connectivity index (χ3n) is 3.05. The van der Waals surface area contributed by atoms with Gasteiger partial charge in [0.1, 0.15) is 6.54 Å². The number of guanidine groups is 1. The number of hydrogen-bond donors (Lipinski definition) is 2. The first-order valence-electron chi connectivity index (χ1n) is 6.92. The molecule has 0 aromatic carbocycles. The highest BCUT2D eigenvalue weighted by Crippen LogP contribution is 2.10.